The molecule has 2 aromatic carbocycles. The van der Waals surface area contributed by atoms with Gasteiger partial charge in [0.1, 0.15) is 5.75 Å². The van der Waals surface area contributed by atoms with Crippen molar-refractivity contribution in [1.82, 2.24) is 10.6 Å². The Labute approximate surface area is 275 Å². The number of nitrogens with one attached hydrogen (secondary N) is 2. The molecular formula is C42H58N2O. The van der Waals surface area contributed by atoms with Gasteiger partial charge in [0.15, 0.2) is 0 Å². The number of hydrogen-bond donors (Lipinski definition) is 2. The maximum absolute atomic E-state index is 5.49. The third-order valence-corrected chi connectivity index (χ3v) is 8.93. The number of aryl methyl sites for hydroxylation is 1. The molecule has 1 aliphatic rings. The molecule has 1 aliphatic carbocycles. The van der Waals surface area contributed by atoms with Crippen LogP contribution in [0, 0.1) is 24.7 Å². The first kappa shape index (κ1) is 35.8. The van der Waals surface area contributed by atoms with Gasteiger partial charge in [-0.25, -0.2) is 0 Å². The minimum absolute atomic E-state index is 0.00343. The minimum atomic E-state index is -0.00343. The van der Waals surface area contributed by atoms with Crippen molar-refractivity contribution in [3.63, 3.8) is 0 Å². The number of methoxy groups -OCH3 is 1. The summed E-state index contributed by atoms with van der Waals surface area (Å²) in [6.07, 6.45) is 11.6. The van der Waals surface area contributed by atoms with Crippen LogP contribution < -0.4 is 15.4 Å². The molecule has 2 N–H and O–H groups in total. The van der Waals surface area contributed by atoms with E-state index < -0.39 is 0 Å². The van der Waals surface area contributed by atoms with E-state index in [-0.39, 0.29) is 6.04 Å². The first-order valence-corrected chi connectivity index (χ1v) is 16.8. The van der Waals surface area contributed by atoms with E-state index in [2.05, 4.69) is 126 Å². The maximum Gasteiger partial charge on any atom is 0.121 e. The highest BCUT2D eigenvalue weighted by molar-refractivity contribution is 5.82. The number of hydrogen-bond acceptors (Lipinski definition) is 3. The summed E-state index contributed by atoms with van der Waals surface area (Å²) in [5.41, 5.74) is 11.3. The summed E-state index contributed by atoms with van der Waals surface area (Å²) in [6.45, 7) is 29.4. The van der Waals surface area contributed by atoms with Crippen molar-refractivity contribution in [3.8, 4) is 5.75 Å². The average molecular weight is 607 g/mol. The molecule has 45 heavy (non-hydrogen) atoms. The highest BCUT2D eigenvalue weighted by atomic mass is 16.5. The molecule has 0 saturated heterocycles. The van der Waals surface area contributed by atoms with E-state index in [0.717, 1.165) is 74.2 Å². The van der Waals surface area contributed by atoms with Crippen molar-refractivity contribution >= 4 is 5.57 Å². The predicted octanol–water partition coefficient (Wildman–Crippen LogP) is 10.5. The zero-order valence-electron chi connectivity index (χ0n) is 29.0. The van der Waals surface area contributed by atoms with Crippen LogP contribution in [0.1, 0.15) is 82.9 Å². The number of rotatable bonds is 21. The van der Waals surface area contributed by atoms with Gasteiger partial charge in [-0.15, -0.1) is 0 Å². The second-order valence-corrected chi connectivity index (χ2v) is 13.5. The molecule has 0 heterocycles. The molecule has 0 bridgehead atoms. The fraction of sp³-hybridized carbons (Fsp3) is 0.429. The Balaban J connectivity index is 1.56. The van der Waals surface area contributed by atoms with Crippen LogP contribution in [-0.2, 0) is 6.42 Å². The fourth-order valence-electron chi connectivity index (χ4n) is 6.13. The van der Waals surface area contributed by atoms with Crippen LogP contribution in [-0.4, -0.2) is 19.7 Å². The molecule has 0 fully saturated rings. The van der Waals surface area contributed by atoms with Gasteiger partial charge in [0, 0.05) is 17.9 Å². The lowest BCUT2D eigenvalue weighted by Gasteiger charge is -2.25. The summed E-state index contributed by atoms with van der Waals surface area (Å²) in [5.74, 6) is 2.66. The Kier molecular flexibility index (Phi) is 14.1. The van der Waals surface area contributed by atoms with E-state index in [1.54, 1.807) is 12.7 Å². The van der Waals surface area contributed by atoms with Crippen LogP contribution >= 0.6 is 0 Å². The van der Waals surface area contributed by atoms with Crippen LogP contribution in [0.3, 0.4) is 0 Å². The van der Waals surface area contributed by atoms with Gasteiger partial charge >= 0.3 is 0 Å². The third kappa shape index (κ3) is 12.0. The van der Waals surface area contributed by atoms with Gasteiger partial charge < -0.3 is 15.4 Å². The molecule has 0 radical (unpaired) electrons. The Morgan fingerprint density at radius 3 is 2.40 bits per heavy atom. The lowest BCUT2D eigenvalue weighted by molar-refractivity contribution is 0.411. The smallest absolute Gasteiger partial charge is 0.121 e. The molecule has 0 aromatic heterocycles. The Bertz CT molecular complexity index is 1380. The highest BCUT2D eigenvalue weighted by Gasteiger charge is 2.26. The first-order chi connectivity index (χ1) is 21.5. The van der Waals surface area contributed by atoms with Gasteiger partial charge in [0.25, 0.3) is 0 Å². The van der Waals surface area contributed by atoms with Gasteiger partial charge in [-0.05, 0) is 111 Å². The van der Waals surface area contributed by atoms with Crippen LogP contribution in [0.5, 0.6) is 5.75 Å². The normalized spacial score (nSPS) is 14.6. The highest BCUT2D eigenvalue weighted by Crippen LogP contribution is 2.45. The van der Waals surface area contributed by atoms with Crippen molar-refractivity contribution in [1.29, 1.82) is 0 Å². The summed E-state index contributed by atoms with van der Waals surface area (Å²) in [5, 5.41) is 7.26. The Hall–Kier alpha value is -3.72. The van der Waals surface area contributed by atoms with Crippen LogP contribution in [0.15, 0.2) is 115 Å². The molecule has 0 saturated carbocycles. The van der Waals surface area contributed by atoms with E-state index in [0.29, 0.717) is 17.8 Å². The molecule has 3 nitrogen and oxygen atoms in total. The summed E-state index contributed by atoms with van der Waals surface area (Å²) < 4.78 is 5.49. The molecule has 2 aromatic rings. The SMILES string of the molecule is C=C(CCNC(=C)[C@@H](Cc1ccc(OC)c(C)c1)NC(=C)/C=C/CCC(C)C1=C(c2ccccc2)C1)CC(CC(C)C)C(=C)C. The van der Waals surface area contributed by atoms with E-state index in [9.17, 15) is 0 Å². The zero-order valence-corrected chi connectivity index (χ0v) is 29.0. The molecule has 2 unspecified atom stereocenters. The molecule has 0 amide bonds. The molecule has 242 valence electrons. The molecule has 3 rings (SSSR count). The van der Waals surface area contributed by atoms with Crippen molar-refractivity contribution in [3.05, 3.63) is 132 Å². The van der Waals surface area contributed by atoms with E-state index in [1.165, 1.54) is 27.8 Å². The lowest BCUT2D eigenvalue weighted by atomic mass is 9.86. The lowest BCUT2D eigenvalue weighted by Crippen LogP contribution is -2.37. The fourth-order valence-corrected chi connectivity index (χ4v) is 6.13. The predicted molar refractivity (Wildman–Crippen MR) is 196 cm³/mol. The molecule has 3 heteroatoms. The molecule has 0 aliphatic heterocycles. The van der Waals surface area contributed by atoms with Gasteiger partial charge in [0.2, 0.25) is 0 Å². The van der Waals surface area contributed by atoms with Gasteiger partial charge in [-0.1, -0.05) is 112 Å². The standard InChI is InChI=1S/C42H58N2O/c1-29(2)24-38(30(3)4)25-31(5)22-23-43-35(9)41(27-36-20-21-42(45-10)33(7)26-36)44-34(8)17-15-14-16-32(6)39-28-40(39)37-18-12-11-13-19-37/h11-13,15,17-21,26,29,32,38,41,43-44H,3,5,8-9,14,16,22-25,27-28H2,1-2,4,6-7,10H3/b17-15+/t32?,38?,41-/m1/s1. The number of ether oxygens (including phenoxy) is 1. The van der Waals surface area contributed by atoms with Crippen molar-refractivity contribution in [2.45, 2.75) is 85.6 Å². The van der Waals surface area contributed by atoms with Crippen molar-refractivity contribution in [2.24, 2.45) is 17.8 Å². The second kappa shape index (κ2) is 17.7. The first-order valence-electron chi connectivity index (χ1n) is 16.8. The van der Waals surface area contributed by atoms with E-state index in [1.807, 2.05) is 6.07 Å². The van der Waals surface area contributed by atoms with Crippen molar-refractivity contribution < 1.29 is 4.74 Å². The van der Waals surface area contributed by atoms with Crippen LogP contribution in [0.2, 0.25) is 0 Å². The van der Waals surface area contributed by atoms with Crippen molar-refractivity contribution in [2.75, 3.05) is 13.7 Å². The van der Waals surface area contributed by atoms with Crippen LogP contribution in [0.25, 0.3) is 5.57 Å². The number of allylic oxidation sites excluding steroid dienone is 5. The largest absolute Gasteiger partial charge is 0.496 e. The maximum atomic E-state index is 5.49. The quantitative estimate of drug-likeness (QED) is 0.110. The summed E-state index contributed by atoms with van der Waals surface area (Å²) >= 11 is 0. The molecule has 3 atom stereocenters. The van der Waals surface area contributed by atoms with Crippen LogP contribution in [0.4, 0.5) is 0 Å². The topological polar surface area (TPSA) is 33.3 Å². The summed E-state index contributed by atoms with van der Waals surface area (Å²) in [7, 11) is 1.72. The van der Waals surface area contributed by atoms with E-state index >= 15 is 0 Å². The van der Waals surface area contributed by atoms with E-state index in [4.69, 9.17) is 4.74 Å². The number of benzene rings is 2. The zero-order chi connectivity index (χ0) is 32.9. The van der Waals surface area contributed by atoms with Gasteiger partial charge in [-0.2, -0.15) is 0 Å². The Morgan fingerprint density at radius 1 is 1.02 bits per heavy atom. The molecule has 0 spiro atoms. The summed E-state index contributed by atoms with van der Waals surface area (Å²) in [6, 6.07) is 17.2. The molecular weight excluding hydrogens is 548 g/mol. The second-order valence-electron chi connectivity index (χ2n) is 13.5. The Morgan fingerprint density at radius 2 is 1.76 bits per heavy atom. The monoisotopic (exact) mass is 606 g/mol. The third-order valence-electron chi connectivity index (χ3n) is 8.93. The summed E-state index contributed by atoms with van der Waals surface area (Å²) in [4.78, 5) is 0. The van der Waals surface area contributed by atoms with Gasteiger partial charge in [-0.3, -0.25) is 0 Å². The average Bonchev–Trinajstić information content (AvgIpc) is 3.80. The minimum Gasteiger partial charge on any atom is -0.496 e. The van der Waals surface area contributed by atoms with Gasteiger partial charge in [0.05, 0.1) is 13.2 Å².